The average Bonchev–Trinajstić information content (AvgIpc) is 2.49. The first-order valence-corrected chi connectivity index (χ1v) is 6.56. The molecule has 2 aromatic rings. The normalized spacial score (nSPS) is 9.86. The van der Waals surface area contributed by atoms with Crippen molar-refractivity contribution in [2.24, 2.45) is 0 Å². The van der Waals surface area contributed by atoms with Gasteiger partial charge in [-0.25, -0.2) is 4.79 Å². The lowest BCUT2D eigenvalue weighted by Gasteiger charge is -2.13. The Morgan fingerprint density at radius 2 is 1.67 bits per heavy atom. The second-order valence-electron chi connectivity index (χ2n) is 4.13. The summed E-state index contributed by atoms with van der Waals surface area (Å²) in [7, 11) is 3.00. The Labute approximate surface area is 127 Å². The van der Waals surface area contributed by atoms with Gasteiger partial charge < -0.3 is 20.1 Å². The third kappa shape index (κ3) is 3.79. The molecule has 0 fully saturated rings. The van der Waals surface area contributed by atoms with Crippen molar-refractivity contribution in [3.05, 3.63) is 47.5 Å². The monoisotopic (exact) mass is 306 g/mol. The highest BCUT2D eigenvalue weighted by Crippen LogP contribution is 2.35. The van der Waals surface area contributed by atoms with Crippen LogP contribution in [0, 0.1) is 0 Å². The van der Waals surface area contributed by atoms with Crippen molar-refractivity contribution in [2.45, 2.75) is 0 Å². The van der Waals surface area contributed by atoms with E-state index in [-0.39, 0.29) is 6.03 Å². The van der Waals surface area contributed by atoms with Gasteiger partial charge in [-0.2, -0.15) is 0 Å². The molecule has 2 rings (SSSR count). The van der Waals surface area contributed by atoms with Gasteiger partial charge in [0.25, 0.3) is 0 Å². The van der Waals surface area contributed by atoms with Gasteiger partial charge in [0.2, 0.25) is 0 Å². The Kier molecular flexibility index (Phi) is 4.90. The van der Waals surface area contributed by atoms with Crippen LogP contribution in [-0.4, -0.2) is 20.3 Å². The number of methoxy groups -OCH3 is 2. The Balaban J connectivity index is 2.16. The number of halogens is 1. The van der Waals surface area contributed by atoms with Gasteiger partial charge in [0.1, 0.15) is 11.5 Å². The molecule has 0 spiro atoms. The second kappa shape index (κ2) is 6.85. The van der Waals surface area contributed by atoms with E-state index in [1.54, 1.807) is 24.3 Å². The summed E-state index contributed by atoms with van der Waals surface area (Å²) in [6, 6.07) is 11.9. The molecule has 2 amide bonds. The molecule has 0 radical (unpaired) electrons. The van der Waals surface area contributed by atoms with E-state index >= 15 is 0 Å². The third-order valence-electron chi connectivity index (χ3n) is 2.75. The van der Waals surface area contributed by atoms with E-state index in [0.29, 0.717) is 27.9 Å². The summed E-state index contributed by atoms with van der Waals surface area (Å²) in [5, 5.41) is 5.82. The number of ether oxygens (including phenoxy) is 2. The fraction of sp³-hybridized carbons (Fsp3) is 0.133. The highest BCUT2D eigenvalue weighted by Gasteiger charge is 2.12. The minimum Gasteiger partial charge on any atom is -0.495 e. The molecule has 0 aromatic heterocycles. The lowest BCUT2D eigenvalue weighted by atomic mass is 10.2. The average molecular weight is 307 g/mol. The minimum atomic E-state index is -0.385. The zero-order chi connectivity index (χ0) is 15.2. The molecule has 0 unspecified atom stereocenters. The van der Waals surface area contributed by atoms with Crippen molar-refractivity contribution in [3.8, 4) is 11.5 Å². The Bertz CT molecular complexity index is 632. The summed E-state index contributed by atoms with van der Waals surface area (Å²) < 4.78 is 10.3. The molecule has 0 atom stereocenters. The van der Waals surface area contributed by atoms with Crippen LogP contribution in [0.4, 0.5) is 16.2 Å². The predicted octanol–water partition coefficient (Wildman–Crippen LogP) is 4.00. The van der Waals surface area contributed by atoms with E-state index < -0.39 is 0 Å². The number of anilines is 2. The molecule has 0 aliphatic rings. The molecule has 0 saturated heterocycles. The maximum atomic E-state index is 12.0. The first kappa shape index (κ1) is 15.0. The van der Waals surface area contributed by atoms with Crippen LogP contribution < -0.4 is 20.1 Å². The van der Waals surface area contributed by atoms with Crippen LogP contribution in [0.25, 0.3) is 0 Å². The lowest BCUT2D eigenvalue weighted by molar-refractivity contribution is 0.262. The van der Waals surface area contributed by atoms with Crippen molar-refractivity contribution >= 4 is 29.0 Å². The molecule has 6 heteroatoms. The first-order valence-electron chi connectivity index (χ1n) is 6.18. The number of amides is 2. The molecule has 0 heterocycles. The largest absolute Gasteiger partial charge is 0.495 e. The van der Waals surface area contributed by atoms with Crippen LogP contribution in [-0.2, 0) is 0 Å². The van der Waals surface area contributed by atoms with Crippen LogP contribution in [0.15, 0.2) is 42.5 Å². The number of benzene rings is 2. The summed E-state index contributed by atoms with van der Waals surface area (Å²) in [4.78, 5) is 12.0. The fourth-order valence-corrected chi connectivity index (χ4v) is 2.00. The molecule has 21 heavy (non-hydrogen) atoms. The number of carbonyl (C=O) groups is 1. The van der Waals surface area contributed by atoms with Gasteiger partial charge in [-0.05, 0) is 12.1 Å². The zero-order valence-corrected chi connectivity index (χ0v) is 12.4. The molecule has 5 nitrogen and oxygen atoms in total. The van der Waals surface area contributed by atoms with E-state index in [1.807, 2.05) is 18.2 Å². The maximum absolute atomic E-state index is 12.0. The van der Waals surface area contributed by atoms with Gasteiger partial charge in [0.05, 0.1) is 24.9 Å². The number of rotatable bonds is 4. The van der Waals surface area contributed by atoms with E-state index in [0.717, 1.165) is 0 Å². The van der Waals surface area contributed by atoms with Gasteiger partial charge >= 0.3 is 6.03 Å². The van der Waals surface area contributed by atoms with E-state index in [1.165, 1.54) is 14.2 Å². The molecule has 0 aliphatic heterocycles. The van der Waals surface area contributed by atoms with Gasteiger partial charge in [0, 0.05) is 17.8 Å². The lowest BCUT2D eigenvalue weighted by Crippen LogP contribution is -2.19. The molecule has 2 N–H and O–H groups in total. The number of carbonyl (C=O) groups excluding carboxylic acids is 1. The Morgan fingerprint density at radius 1 is 1.00 bits per heavy atom. The van der Waals surface area contributed by atoms with Crippen LogP contribution in [0.2, 0.25) is 5.02 Å². The summed E-state index contributed by atoms with van der Waals surface area (Å²) >= 11 is 6.01. The maximum Gasteiger partial charge on any atom is 0.323 e. The van der Waals surface area contributed by atoms with Crippen molar-refractivity contribution in [1.82, 2.24) is 0 Å². The van der Waals surface area contributed by atoms with Gasteiger partial charge in [-0.15, -0.1) is 0 Å². The van der Waals surface area contributed by atoms with Crippen LogP contribution in [0.1, 0.15) is 0 Å². The summed E-state index contributed by atoms with van der Waals surface area (Å²) in [5.74, 6) is 0.900. The predicted molar refractivity (Wildman–Crippen MR) is 83.6 cm³/mol. The first-order chi connectivity index (χ1) is 10.1. The van der Waals surface area contributed by atoms with Gasteiger partial charge in [0.15, 0.2) is 0 Å². The molecule has 0 aliphatic carbocycles. The van der Waals surface area contributed by atoms with Crippen molar-refractivity contribution in [1.29, 1.82) is 0 Å². The van der Waals surface area contributed by atoms with Gasteiger partial charge in [-0.1, -0.05) is 29.8 Å². The summed E-state index contributed by atoms with van der Waals surface area (Å²) in [6.07, 6.45) is 0. The van der Waals surface area contributed by atoms with Crippen molar-refractivity contribution in [3.63, 3.8) is 0 Å². The van der Waals surface area contributed by atoms with Crippen LogP contribution in [0.5, 0.6) is 11.5 Å². The second-order valence-corrected chi connectivity index (χ2v) is 4.54. The topological polar surface area (TPSA) is 59.6 Å². The standard InChI is InChI=1S/C15H15ClN2O3/c1-20-13-9-12(14(21-2)8-11(13)16)18-15(19)17-10-6-4-3-5-7-10/h3-9H,1-2H3,(H2,17,18,19). The molecular weight excluding hydrogens is 292 g/mol. The van der Waals surface area contributed by atoms with E-state index in [4.69, 9.17) is 21.1 Å². The van der Waals surface area contributed by atoms with Crippen molar-refractivity contribution in [2.75, 3.05) is 24.9 Å². The van der Waals surface area contributed by atoms with Crippen LogP contribution >= 0.6 is 11.6 Å². The number of urea groups is 1. The Hall–Kier alpha value is -2.40. The number of para-hydroxylation sites is 1. The molecular formula is C15H15ClN2O3. The van der Waals surface area contributed by atoms with Crippen LogP contribution in [0.3, 0.4) is 0 Å². The highest BCUT2D eigenvalue weighted by molar-refractivity contribution is 6.32. The molecule has 110 valence electrons. The van der Waals surface area contributed by atoms with E-state index in [2.05, 4.69) is 10.6 Å². The number of hydrogen-bond acceptors (Lipinski definition) is 3. The highest BCUT2D eigenvalue weighted by atomic mass is 35.5. The molecule has 0 saturated carbocycles. The zero-order valence-electron chi connectivity index (χ0n) is 11.6. The SMILES string of the molecule is COc1cc(NC(=O)Nc2ccccc2)c(OC)cc1Cl. The van der Waals surface area contributed by atoms with Gasteiger partial charge in [-0.3, -0.25) is 0 Å². The molecule has 2 aromatic carbocycles. The summed E-state index contributed by atoms with van der Waals surface area (Å²) in [6.45, 7) is 0. The Morgan fingerprint density at radius 3 is 2.29 bits per heavy atom. The smallest absolute Gasteiger partial charge is 0.323 e. The fourth-order valence-electron chi connectivity index (χ4n) is 1.76. The number of nitrogens with one attached hydrogen (secondary N) is 2. The molecule has 0 bridgehead atoms. The van der Waals surface area contributed by atoms with E-state index in [9.17, 15) is 4.79 Å². The third-order valence-corrected chi connectivity index (χ3v) is 3.05. The summed E-state index contributed by atoms with van der Waals surface area (Å²) in [5.41, 5.74) is 1.15. The quantitative estimate of drug-likeness (QED) is 0.897. The number of hydrogen-bond donors (Lipinski definition) is 2. The minimum absolute atomic E-state index is 0.385. The van der Waals surface area contributed by atoms with Crippen molar-refractivity contribution < 1.29 is 14.3 Å².